The zero-order valence-electron chi connectivity index (χ0n) is 19.9. The van der Waals surface area contributed by atoms with E-state index in [1.54, 1.807) is 18.7 Å². The Hall–Kier alpha value is -2.60. The van der Waals surface area contributed by atoms with Crippen molar-refractivity contribution >= 4 is 13.7 Å². The molecule has 7 nitrogen and oxygen atoms in total. The van der Waals surface area contributed by atoms with Crippen molar-refractivity contribution in [2.75, 3.05) is 19.7 Å². The number of amides is 1. The number of hydrogen-bond donors (Lipinski definition) is 1. The van der Waals surface area contributed by atoms with Crippen LogP contribution in [0.5, 0.6) is 5.75 Å². The highest BCUT2D eigenvalue weighted by molar-refractivity contribution is 7.51. The van der Waals surface area contributed by atoms with Gasteiger partial charge in [-0.2, -0.15) is 0 Å². The van der Waals surface area contributed by atoms with Gasteiger partial charge in [0.25, 0.3) is 0 Å². The van der Waals surface area contributed by atoms with Gasteiger partial charge in [-0.15, -0.1) is 0 Å². The van der Waals surface area contributed by atoms with Crippen molar-refractivity contribution in [2.24, 2.45) is 5.92 Å². The number of hydrogen-bond acceptors (Lipinski definition) is 5. The van der Waals surface area contributed by atoms with Crippen molar-refractivity contribution in [3.8, 4) is 5.75 Å². The number of piperidine rings is 1. The van der Waals surface area contributed by atoms with E-state index in [2.05, 4.69) is 12.6 Å². The van der Waals surface area contributed by atoms with Gasteiger partial charge in [-0.25, -0.2) is 4.79 Å². The van der Waals surface area contributed by atoms with Crippen LogP contribution in [0.3, 0.4) is 0 Å². The first-order chi connectivity index (χ1) is 16.3. The van der Waals surface area contributed by atoms with E-state index in [9.17, 15) is 14.3 Å². The Morgan fingerprint density at radius 3 is 2.41 bits per heavy atom. The molecular formula is C26H34NO6P. The SMILES string of the molecule is C=C(C)OC(=O)N1CCC(Cc2ccccc2OCc2ccc(CP(=O)(O)OCC)cc2)CC1. The summed E-state index contributed by atoms with van der Waals surface area (Å²) in [5.74, 6) is 1.73. The highest BCUT2D eigenvalue weighted by Gasteiger charge is 2.25. The highest BCUT2D eigenvalue weighted by atomic mass is 31.2. The lowest BCUT2D eigenvalue weighted by Crippen LogP contribution is -2.39. The van der Waals surface area contributed by atoms with Crippen molar-refractivity contribution in [1.29, 1.82) is 0 Å². The van der Waals surface area contributed by atoms with Gasteiger partial charge in [0.2, 0.25) is 0 Å². The van der Waals surface area contributed by atoms with Gasteiger partial charge in [-0.3, -0.25) is 4.57 Å². The maximum atomic E-state index is 12.1. The number of nitrogens with zero attached hydrogens (tertiary/aromatic N) is 1. The summed E-state index contributed by atoms with van der Waals surface area (Å²) in [4.78, 5) is 23.6. The summed E-state index contributed by atoms with van der Waals surface area (Å²) in [5, 5.41) is 0. The Bertz CT molecular complexity index is 1010. The van der Waals surface area contributed by atoms with E-state index in [4.69, 9.17) is 14.0 Å². The number of likely N-dealkylation sites (tertiary alicyclic amines) is 1. The average molecular weight is 488 g/mol. The van der Waals surface area contributed by atoms with Crippen LogP contribution < -0.4 is 4.74 Å². The number of carbonyl (C=O) groups is 1. The number of para-hydroxylation sites is 1. The molecule has 1 aliphatic heterocycles. The summed E-state index contributed by atoms with van der Waals surface area (Å²) in [7, 11) is -3.60. The molecule has 8 heteroatoms. The maximum Gasteiger partial charge on any atom is 0.414 e. The van der Waals surface area contributed by atoms with Crippen LogP contribution in [0.25, 0.3) is 0 Å². The van der Waals surface area contributed by atoms with E-state index in [0.717, 1.165) is 41.7 Å². The topological polar surface area (TPSA) is 85.3 Å². The number of rotatable bonds is 10. The normalized spacial score (nSPS) is 16.0. The molecule has 1 fully saturated rings. The molecule has 2 aromatic rings. The van der Waals surface area contributed by atoms with Crippen LogP contribution in [0.4, 0.5) is 4.79 Å². The lowest BCUT2D eigenvalue weighted by Gasteiger charge is -2.31. The van der Waals surface area contributed by atoms with Crippen LogP contribution in [0.2, 0.25) is 0 Å². The van der Waals surface area contributed by atoms with Crippen LogP contribution in [-0.4, -0.2) is 35.6 Å². The number of benzene rings is 2. The monoisotopic (exact) mass is 487 g/mol. The van der Waals surface area contributed by atoms with E-state index >= 15 is 0 Å². The van der Waals surface area contributed by atoms with Gasteiger partial charge < -0.3 is 23.8 Å². The lowest BCUT2D eigenvalue weighted by molar-refractivity contribution is 0.110. The molecule has 1 N–H and O–H groups in total. The molecule has 0 aliphatic carbocycles. The summed E-state index contributed by atoms with van der Waals surface area (Å²) in [6.45, 7) is 8.97. The van der Waals surface area contributed by atoms with E-state index in [1.807, 2.05) is 42.5 Å². The predicted molar refractivity (Wildman–Crippen MR) is 132 cm³/mol. The average Bonchev–Trinajstić information content (AvgIpc) is 2.79. The van der Waals surface area contributed by atoms with Gasteiger partial charge in [-0.1, -0.05) is 49.0 Å². The Labute approximate surface area is 201 Å². The largest absolute Gasteiger partial charge is 0.489 e. The quantitative estimate of drug-likeness (QED) is 0.331. The summed E-state index contributed by atoms with van der Waals surface area (Å²) >= 11 is 0. The minimum Gasteiger partial charge on any atom is -0.489 e. The van der Waals surface area contributed by atoms with Crippen molar-refractivity contribution in [1.82, 2.24) is 4.90 Å². The lowest BCUT2D eigenvalue weighted by atomic mass is 9.90. The fourth-order valence-corrected chi connectivity index (χ4v) is 5.20. The third kappa shape index (κ3) is 8.01. The highest BCUT2D eigenvalue weighted by Crippen LogP contribution is 2.45. The van der Waals surface area contributed by atoms with Gasteiger partial charge in [0.1, 0.15) is 12.4 Å². The maximum absolute atomic E-state index is 12.1. The Balaban J connectivity index is 1.53. The molecule has 184 valence electrons. The number of ether oxygens (including phenoxy) is 2. The molecule has 0 spiro atoms. The van der Waals surface area contributed by atoms with Crippen LogP contribution in [0.1, 0.15) is 43.4 Å². The molecule has 1 heterocycles. The fourth-order valence-electron chi connectivity index (χ4n) is 4.04. The minimum atomic E-state index is -3.60. The summed E-state index contributed by atoms with van der Waals surface area (Å²) in [5.41, 5.74) is 2.88. The molecule has 1 aliphatic rings. The molecule has 0 aromatic heterocycles. The predicted octanol–water partition coefficient (Wildman–Crippen LogP) is 5.91. The first-order valence-corrected chi connectivity index (χ1v) is 13.4. The number of allylic oxidation sites excluding steroid dienone is 1. The van der Waals surface area contributed by atoms with E-state index in [1.165, 1.54) is 0 Å². The second-order valence-electron chi connectivity index (χ2n) is 8.63. The molecule has 2 aromatic carbocycles. The summed E-state index contributed by atoms with van der Waals surface area (Å²) in [6, 6.07) is 15.5. The molecule has 1 saturated heterocycles. The van der Waals surface area contributed by atoms with Crippen molar-refractivity contribution < 1.29 is 28.3 Å². The van der Waals surface area contributed by atoms with Crippen LogP contribution in [-0.2, 0) is 33.0 Å². The van der Waals surface area contributed by atoms with Gasteiger partial charge in [0.05, 0.1) is 18.5 Å². The fraction of sp³-hybridized carbons (Fsp3) is 0.423. The Kier molecular flexibility index (Phi) is 9.34. The zero-order chi connectivity index (χ0) is 24.6. The Morgan fingerprint density at radius 2 is 1.76 bits per heavy atom. The third-order valence-corrected chi connectivity index (χ3v) is 7.17. The van der Waals surface area contributed by atoms with Crippen molar-refractivity contribution in [3.05, 3.63) is 77.6 Å². The molecule has 34 heavy (non-hydrogen) atoms. The van der Waals surface area contributed by atoms with Crippen LogP contribution >= 0.6 is 7.60 Å². The van der Waals surface area contributed by atoms with Crippen LogP contribution in [0.15, 0.2) is 60.9 Å². The van der Waals surface area contributed by atoms with E-state index in [-0.39, 0.29) is 18.9 Å². The first kappa shape index (κ1) is 26.0. The van der Waals surface area contributed by atoms with Crippen LogP contribution in [0, 0.1) is 5.92 Å². The Morgan fingerprint density at radius 1 is 1.12 bits per heavy atom. The van der Waals surface area contributed by atoms with Gasteiger partial charge in [0, 0.05) is 13.1 Å². The molecule has 1 unspecified atom stereocenters. The molecule has 3 rings (SSSR count). The molecule has 0 radical (unpaired) electrons. The molecule has 1 atom stereocenters. The second-order valence-corrected chi connectivity index (χ2v) is 10.5. The summed E-state index contributed by atoms with van der Waals surface area (Å²) in [6.07, 6.45) is 2.39. The number of carbonyl (C=O) groups excluding carboxylic acids is 1. The third-order valence-electron chi connectivity index (χ3n) is 5.75. The second kappa shape index (κ2) is 12.2. The minimum absolute atomic E-state index is 0.00541. The van der Waals surface area contributed by atoms with Gasteiger partial charge in [0.15, 0.2) is 0 Å². The van der Waals surface area contributed by atoms with Crippen molar-refractivity contribution in [2.45, 2.75) is 45.9 Å². The van der Waals surface area contributed by atoms with E-state index < -0.39 is 7.60 Å². The summed E-state index contributed by atoms with van der Waals surface area (Å²) < 4.78 is 28.1. The molecule has 1 amide bonds. The zero-order valence-corrected chi connectivity index (χ0v) is 20.8. The standard InChI is InChI=1S/C26H34NO6P/c1-4-32-34(29,30)19-23-11-9-22(10-12-23)18-31-25-8-6-5-7-24(25)17-21-13-15-27(16-14-21)26(28)33-20(2)3/h5-12,21H,2,4,13-19H2,1,3H3,(H,29,30). The van der Waals surface area contributed by atoms with E-state index in [0.29, 0.717) is 31.4 Å². The van der Waals surface area contributed by atoms with Gasteiger partial charge in [-0.05, 0) is 61.8 Å². The smallest absolute Gasteiger partial charge is 0.414 e. The van der Waals surface area contributed by atoms with Crippen molar-refractivity contribution in [3.63, 3.8) is 0 Å². The first-order valence-electron chi connectivity index (χ1n) is 11.6. The van der Waals surface area contributed by atoms with Gasteiger partial charge >= 0.3 is 13.7 Å². The molecule has 0 saturated carbocycles. The molecule has 0 bridgehead atoms. The molecular weight excluding hydrogens is 453 g/mol.